The molecule has 1 unspecified atom stereocenters. The van der Waals surface area contributed by atoms with Crippen molar-refractivity contribution in [3.8, 4) is 0 Å². The maximum absolute atomic E-state index is 11.6. The molecule has 3 heteroatoms. The first-order chi connectivity index (χ1) is 9.18. The zero-order valence-electron chi connectivity index (χ0n) is 11.5. The molecule has 0 saturated carbocycles. The van der Waals surface area contributed by atoms with E-state index < -0.39 is 0 Å². The van der Waals surface area contributed by atoms with Crippen LogP contribution in [0.25, 0.3) is 0 Å². The predicted molar refractivity (Wildman–Crippen MR) is 78.3 cm³/mol. The SMILES string of the molecule is Cc1ccccc1C(C)NCCn1ccccc1=O. The number of hydrogen-bond acceptors (Lipinski definition) is 2. The third kappa shape index (κ3) is 3.55. The molecule has 0 aliphatic carbocycles. The minimum atomic E-state index is 0.0489. The van der Waals surface area contributed by atoms with Gasteiger partial charge in [0.2, 0.25) is 0 Å². The third-order valence-corrected chi connectivity index (χ3v) is 3.36. The maximum atomic E-state index is 11.6. The van der Waals surface area contributed by atoms with Crippen molar-refractivity contribution >= 4 is 0 Å². The first kappa shape index (κ1) is 13.6. The molecule has 0 aliphatic rings. The molecule has 0 bridgehead atoms. The Morgan fingerprint density at radius 1 is 1.16 bits per heavy atom. The van der Waals surface area contributed by atoms with E-state index in [4.69, 9.17) is 0 Å². The van der Waals surface area contributed by atoms with Gasteiger partial charge in [0.25, 0.3) is 5.56 Å². The molecule has 0 spiro atoms. The van der Waals surface area contributed by atoms with Gasteiger partial charge in [0, 0.05) is 31.4 Å². The van der Waals surface area contributed by atoms with Gasteiger partial charge in [0.15, 0.2) is 0 Å². The average Bonchev–Trinajstić information content (AvgIpc) is 2.41. The molecule has 1 aromatic heterocycles. The minimum absolute atomic E-state index is 0.0489. The molecule has 0 saturated heterocycles. The maximum Gasteiger partial charge on any atom is 0.250 e. The lowest BCUT2D eigenvalue weighted by atomic mass is 10.0. The molecule has 19 heavy (non-hydrogen) atoms. The van der Waals surface area contributed by atoms with Crippen LogP contribution in [0.4, 0.5) is 0 Å². The second-order valence-electron chi connectivity index (χ2n) is 4.76. The van der Waals surface area contributed by atoms with E-state index in [2.05, 4.69) is 43.4 Å². The molecule has 1 atom stereocenters. The number of hydrogen-bond donors (Lipinski definition) is 1. The molecule has 2 rings (SSSR count). The number of aryl methyl sites for hydroxylation is 1. The Balaban J connectivity index is 1.92. The highest BCUT2D eigenvalue weighted by Crippen LogP contribution is 2.16. The monoisotopic (exact) mass is 256 g/mol. The first-order valence-corrected chi connectivity index (χ1v) is 6.63. The van der Waals surface area contributed by atoms with Gasteiger partial charge in [-0.3, -0.25) is 4.79 Å². The Labute approximate surface area is 113 Å². The van der Waals surface area contributed by atoms with Crippen LogP contribution in [0.15, 0.2) is 53.5 Å². The number of nitrogens with zero attached hydrogens (tertiary/aromatic N) is 1. The quantitative estimate of drug-likeness (QED) is 0.892. The van der Waals surface area contributed by atoms with E-state index >= 15 is 0 Å². The molecular formula is C16H20N2O. The minimum Gasteiger partial charge on any atom is -0.314 e. The van der Waals surface area contributed by atoms with Crippen LogP contribution in [0.3, 0.4) is 0 Å². The molecule has 0 amide bonds. The molecule has 0 radical (unpaired) electrons. The van der Waals surface area contributed by atoms with Crippen molar-refractivity contribution in [2.75, 3.05) is 6.54 Å². The summed E-state index contributed by atoms with van der Waals surface area (Å²) in [7, 11) is 0. The topological polar surface area (TPSA) is 34.0 Å². The number of benzene rings is 1. The number of rotatable bonds is 5. The van der Waals surface area contributed by atoms with Crippen LogP contribution in [0.5, 0.6) is 0 Å². The summed E-state index contributed by atoms with van der Waals surface area (Å²) in [6, 6.07) is 13.9. The number of nitrogens with one attached hydrogen (secondary N) is 1. The van der Waals surface area contributed by atoms with Crippen molar-refractivity contribution in [3.63, 3.8) is 0 Å². The second-order valence-corrected chi connectivity index (χ2v) is 4.76. The van der Waals surface area contributed by atoms with Gasteiger partial charge < -0.3 is 9.88 Å². The van der Waals surface area contributed by atoms with Gasteiger partial charge in [0.05, 0.1) is 0 Å². The Morgan fingerprint density at radius 3 is 2.63 bits per heavy atom. The van der Waals surface area contributed by atoms with E-state index in [0.29, 0.717) is 12.6 Å². The molecule has 2 aromatic rings. The van der Waals surface area contributed by atoms with E-state index in [1.165, 1.54) is 11.1 Å². The Kier molecular flexibility index (Phi) is 4.53. The highest BCUT2D eigenvalue weighted by molar-refractivity contribution is 5.28. The smallest absolute Gasteiger partial charge is 0.250 e. The van der Waals surface area contributed by atoms with Crippen molar-refractivity contribution in [1.29, 1.82) is 0 Å². The van der Waals surface area contributed by atoms with Gasteiger partial charge in [0.1, 0.15) is 0 Å². The third-order valence-electron chi connectivity index (χ3n) is 3.36. The van der Waals surface area contributed by atoms with Crippen molar-refractivity contribution in [2.24, 2.45) is 0 Å². The molecule has 3 nitrogen and oxygen atoms in total. The van der Waals surface area contributed by atoms with Crippen LogP contribution >= 0.6 is 0 Å². The Bertz CT molecular complexity index is 589. The van der Waals surface area contributed by atoms with Crippen LogP contribution in [0.2, 0.25) is 0 Å². The van der Waals surface area contributed by atoms with E-state index in [0.717, 1.165) is 6.54 Å². The zero-order chi connectivity index (χ0) is 13.7. The normalized spacial score (nSPS) is 12.3. The summed E-state index contributed by atoms with van der Waals surface area (Å²) in [4.78, 5) is 11.6. The van der Waals surface area contributed by atoms with Crippen LogP contribution in [-0.2, 0) is 6.54 Å². The van der Waals surface area contributed by atoms with Crippen LogP contribution < -0.4 is 10.9 Å². The fourth-order valence-electron chi connectivity index (χ4n) is 2.23. The Morgan fingerprint density at radius 2 is 1.89 bits per heavy atom. The van der Waals surface area contributed by atoms with Crippen molar-refractivity contribution in [1.82, 2.24) is 9.88 Å². The lowest BCUT2D eigenvalue weighted by Gasteiger charge is -2.16. The molecular weight excluding hydrogens is 236 g/mol. The summed E-state index contributed by atoms with van der Waals surface area (Å²) in [6.45, 7) is 5.74. The Hall–Kier alpha value is -1.87. The highest BCUT2D eigenvalue weighted by atomic mass is 16.1. The van der Waals surface area contributed by atoms with Gasteiger partial charge >= 0.3 is 0 Å². The molecule has 1 aromatic carbocycles. The van der Waals surface area contributed by atoms with Gasteiger partial charge in [-0.15, -0.1) is 0 Å². The summed E-state index contributed by atoms with van der Waals surface area (Å²) in [5, 5.41) is 3.46. The van der Waals surface area contributed by atoms with Crippen molar-refractivity contribution in [2.45, 2.75) is 26.4 Å². The fourth-order valence-corrected chi connectivity index (χ4v) is 2.23. The predicted octanol–water partition coefficient (Wildman–Crippen LogP) is 2.51. The van der Waals surface area contributed by atoms with Gasteiger partial charge in [-0.25, -0.2) is 0 Å². The van der Waals surface area contributed by atoms with E-state index in [1.807, 2.05) is 12.3 Å². The van der Waals surface area contributed by atoms with Crippen LogP contribution in [0.1, 0.15) is 24.1 Å². The van der Waals surface area contributed by atoms with Gasteiger partial charge in [-0.1, -0.05) is 30.3 Å². The molecule has 1 heterocycles. The van der Waals surface area contributed by atoms with Crippen molar-refractivity contribution < 1.29 is 0 Å². The van der Waals surface area contributed by atoms with E-state index in [-0.39, 0.29) is 5.56 Å². The standard InChI is InChI=1S/C16H20N2O/c1-13-7-3-4-8-15(13)14(2)17-10-12-18-11-6-5-9-16(18)19/h3-9,11,14,17H,10,12H2,1-2H3. The zero-order valence-corrected chi connectivity index (χ0v) is 11.5. The molecule has 0 fully saturated rings. The average molecular weight is 256 g/mol. The summed E-state index contributed by atoms with van der Waals surface area (Å²) in [5.41, 5.74) is 2.65. The molecule has 100 valence electrons. The second kappa shape index (κ2) is 6.34. The lowest BCUT2D eigenvalue weighted by Crippen LogP contribution is -2.28. The number of aromatic nitrogens is 1. The summed E-state index contributed by atoms with van der Waals surface area (Å²) >= 11 is 0. The molecule has 1 N–H and O–H groups in total. The van der Waals surface area contributed by atoms with Gasteiger partial charge in [-0.05, 0) is 31.0 Å². The highest BCUT2D eigenvalue weighted by Gasteiger charge is 2.06. The summed E-state index contributed by atoms with van der Waals surface area (Å²) < 4.78 is 1.72. The van der Waals surface area contributed by atoms with Crippen molar-refractivity contribution in [3.05, 3.63) is 70.1 Å². The van der Waals surface area contributed by atoms with Crippen LogP contribution in [0, 0.1) is 6.92 Å². The number of pyridine rings is 1. The first-order valence-electron chi connectivity index (χ1n) is 6.63. The summed E-state index contributed by atoms with van der Waals surface area (Å²) in [6.07, 6.45) is 1.82. The molecule has 0 aliphatic heterocycles. The van der Waals surface area contributed by atoms with Crippen LogP contribution in [-0.4, -0.2) is 11.1 Å². The fraction of sp³-hybridized carbons (Fsp3) is 0.312. The largest absolute Gasteiger partial charge is 0.314 e. The summed E-state index contributed by atoms with van der Waals surface area (Å²) in [5.74, 6) is 0. The lowest BCUT2D eigenvalue weighted by molar-refractivity contribution is 0.523. The van der Waals surface area contributed by atoms with Gasteiger partial charge in [-0.2, -0.15) is 0 Å². The van der Waals surface area contributed by atoms with E-state index in [9.17, 15) is 4.79 Å². The van der Waals surface area contributed by atoms with E-state index in [1.54, 1.807) is 16.7 Å².